The fourth-order valence-electron chi connectivity index (χ4n) is 2.52. The fraction of sp³-hybridized carbons (Fsp3) is 0.190. The van der Waals surface area contributed by atoms with E-state index in [2.05, 4.69) is 20.6 Å². The van der Waals surface area contributed by atoms with Crippen molar-refractivity contribution in [2.75, 3.05) is 23.7 Å². The Morgan fingerprint density at radius 2 is 1.82 bits per heavy atom. The first-order valence-electron chi connectivity index (χ1n) is 9.02. The predicted molar refractivity (Wildman–Crippen MR) is 109 cm³/mol. The van der Waals surface area contributed by atoms with Crippen LogP contribution in [0.1, 0.15) is 21.7 Å². The lowest BCUT2D eigenvalue weighted by molar-refractivity contribution is 0.102. The van der Waals surface area contributed by atoms with Crippen molar-refractivity contribution >= 4 is 17.5 Å². The van der Waals surface area contributed by atoms with Gasteiger partial charge < -0.3 is 21.1 Å². The number of aryl methyl sites for hydroxylation is 1. The Balaban J connectivity index is 1.60. The molecule has 0 unspecified atom stereocenters. The molecule has 2 aromatic carbocycles. The quantitative estimate of drug-likeness (QED) is 0.558. The maximum absolute atomic E-state index is 12.5. The molecular formula is C21H23N5O2. The number of ether oxygens (including phenoxy) is 1. The number of nitrogens with zero attached hydrogens (tertiary/aromatic N) is 2. The third kappa shape index (κ3) is 5.52. The van der Waals surface area contributed by atoms with Crippen LogP contribution in [-0.4, -0.2) is 29.0 Å². The second-order valence-corrected chi connectivity index (χ2v) is 6.19. The van der Waals surface area contributed by atoms with Crippen molar-refractivity contribution in [2.24, 2.45) is 5.73 Å². The molecule has 0 bridgehead atoms. The third-order valence-electron chi connectivity index (χ3n) is 3.87. The van der Waals surface area contributed by atoms with Crippen LogP contribution < -0.4 is 21.1 Å². The molecule has 0 aliphatic heterocycles. The Labute approximate surface area is 164 Å². The van der Waals surface area contributed by atoms with Crippen molar-refractivity contribution in [1.82, 2.24) is 9.97 Å². The highest BCUT2D eigenvalue weighted by Gasteiger charge is 2.11. The monoisotopic (exact) mass is 377 g/mol. The average molecular weight is 377 g/mol. The lowest BCUT2D eigenvalue weighted by atomic mass is 10.2. The molecule has 4 N–H and O–H groups in total. The molecule has 0 saturated heterocycles. The summed E-state index contributed by atoms with van der Waals surface area (Å²) in [5.74, 6) is 0.813. The lowest BCUT2D eigenvalue weighted by Crippen LogP contribution is -2.18. The van der Waals surface area contributed by atoms with Crippen LogP contribution in [0, 0.1) is 6.92 Å². The van der Waals surface area contributed by atoms with E-state index in [-0.39, 0.29) is 11.6 Å². The number of hydrogen-bond acceptors (Lipinski definition) is 6. The number of carbonyl (C=O) groups is 1. The van der Waals surface area contributed by atoms with Gasteiger partial charge in [-0.25, -0.2) is 9.97 Å². The molecule has 7 heteroatoms. The number of carbonyl (C=O) groups excluding carboxylic acids is 1. The van der Waals surface area contributed by atoms with Gasteiger partial charge in [-0.2, -0.15) is 0 Å². The van der Waals surface area contributed by atoms with E-state index >= 15 is 0 Å². The molecule has 28 heavy (non-hydrogen) atoms. The number of anilines is 2. The van der Waals surface area contributed by atoms with Crippen molar-refractivity contribution in [3.8, 4) is 5.75 Å². The van der Waals surface area contributed by atoms with Gasteiger partial charge in [-0.1, -0.05) is 30.3 Å². The summed E-state index contributed by atoms with van der Waals surface area (Å²) in [6.45, 7) is 3.29. The number of rotatable bonds is 8. The van der Waals surface area contributed by atoms with E-state index in [4.69, 9.17) is 10.5 Å². The molecule has 3 aromatic rings. The maximum Gasteiger partial charge on any atom is 0.274 e. The van der Waals surface area contributed by atoms with Gasteiger partial charge in [-0.3, -0.25) is 4.79 Å². The number of nitrogens with two attached hydrogens (primary N) is 1. The number of benzene rings is 2. The summed E-state index contributed by atoms with van der Waals surface area (Å²) in [5.41, 5.74) is 8.21. The van der Waals surface area contributed by atoms with E-state index in [0.717, 1.165) is 11.3 Å². The minimum atomic E-state index is -0.306. The van der Waals surface area contributed by atoms with Crippen molar-refractivity contribution in [3.05, 3.63) is 77.6 Å². The zero-order chi connectivity index (χ0) is 19.8. The molecule has 0 fully saturated rings. The summed E-state index contributed by atoms with van der Waals surface area (Å²) in [4.78, 5) is 21.0. The van der Waals surface area contributed by atoms with Crippen molar-refractivity contribution in [2.45, 2.75) is 13.5 Å². The highest BCUT2D eigenvalue weighted by molar-refractivity contribution is 6.03. The predicted octanol–water partition coefficient (Wildman–Crippen LogP) is 2.99. The van der Waals surface area contributed by atoms with Crippen LogP contribution in [0.2, 0.25) is 0 Å². The van der Waals surface area contributed by atoms with E-state index in [1.165, 1.54) is 0 Å². The van der Waals surface area contributed by atoms with Crippen molar-refractivity contribution < 1.29 is 9.53 Å². The molecule has 0 aliphatic rings. The summed E-state index contributed by atoms with van der Waals surface area (Å²) in [6, 6.07) is 18.8. The van der Waals surface area contributed by atoms with Gasteiger partial charge in [0.2, 0.25) is 5.95 Å². The highest BCUT2D eigenvalue weighted by atomic mass is 16.5. The Morgan fingerprint density at radius 1 is 1.07 bits per heavy atom. The minimum absolute atomic E-state index is 0.288. The van der Waals surface area contributed by atoms with Gasteiger partial charge in [0.1, 0.15) is 18.1 Å². The van der Waals surface area contributed by atoms with E-state index in [0.29, 0.717) is 37.0 Å². The molecule has 0 aliphatic carbocycles. The fourth-order valence-corrected chi connectivity index (χ4v) is 2.52. The molecule has 1 aromatic heterocycles. The van der Waals surface area contributed by atoms with Crippen LogP contribution in [0.15, 0.2) is 60.7 Å². The number of amides is 1. The molecule has 0 saturated carbocycles. The van der Waals surface area contributed by atoms with Crippen LogP contribution in [0.5, 0.6) is 5.75 Å². The molecular weight excluding hydrogens is 354 g/mol. The number of nitrogens with one attached hydrogen (secondary N) is 2. The topological polar surface area (TPSA) is 102 Å². The Bertz CT molecular complexity index is 914. The van der Waals surface area contributed by atoms with E-state index in [1.54, 1.807) is 18.2 Å². The van der Waals surface area contributed by atoms with Gasteiger partial charge in [-0.15, -0.1) is 0 Å². The first-order chi connectivity index (χ1) is 13.6. The first-order valence-corrected chi connectivity index (χ1v) is 9.02. The van der Waals surface area contributed by atoms with Gasteiger partial charge in [0, 0.05) is 24.5 Å². The summed E-state index contributed by atoms with van der Waals surface area (Å²) in [7, 11) is 0. The normalized spacial score (nSPS) is 10.4. The first kappa shape index (κ1) is 19.3. The SMILES string of the molecule is Cc1cc(C(=O)Nc2ccc(OCc3ccccc3)cc2)nc(NCCN)n1. The zero-order valence-electron chi connectivity index (χ0n) is 15.7. The van der Waals surface area contributed by atoms with Crippen LogP contribution in [-0.2, 0) is 6.61 Å². The number of aromatic nitrogens is 2. The van der Waals surface area contributed by atoms with Crippen LogP contribution in [0.3, 0.4) is 0 Å². The smallest absolute Gasteiger partial charge is 0.274 e. The summed E-state index contributed by atoms with van der Waals surface area (Å²) < 4.78 is 5.75. The average Bonchev–Trinajstić information content (AvgIpc) is 2.72. The summed E-state index contributed by atoms with van der Waals surface area (Å²) in [6.07, 6.45) is 0. The Kier molecular flexibility index (Phi) is 6.54. The van der Waals surface area contributed by atoms with Crippen LogP contribution in [0.25, 0.3) is 0 Å². The molecule has 0 radical (unpaired) electrons. The zero-order valence-corrected chi connectivity index (χ0v) is 15.7. The van der Waals surface area contributed by atoms with E-state index in [1.807, 2.05) is 49.4 Å². The molecule has 7 nitrogen and oxygen atoms in total. The molecule has 0 spiro atoms. The van der Waals surface area contributed by atoms with Crippen LogP contribution in [0.4, 0.5) is 11.6 Å². The molecule has 1 amide bonds. The van der Waals surface area contributed by atoms with Crippen LogP contribution >= 0.6 is 0 Å². The van der Waals surface area contributed by atoms with Crippen molar-refractivity contribution in [1.29, 1.82) is 0 Å². The summed E-state index contributed by atoms with van der Waals surface area (Å²) >= 11 is 0. The molecule has 1 heterocycles. The third-order valence-corrected chi connectivity index (χ3v) is 3.87. The van der Waals surface area contributed by atoms with E-state index < -0.39 is 0 Å². The van der Waals surface area contributed by atoms with Gasteiger partial charge >= 0.3 is 0 Å². The Morgan fingerprint density at radius 3 is 2.54 bits per heavy atom. The lowest BCUT2D eigenvalue weighted by Gasteiger charge is -2.10. The Hall–Kier alpha value is -3.45. The minimum Gasteiger partial charge on any atom is -0.489 e. The van der Waals surface area contributed by atoms with Crippen molar-refractivity contribution in [3.63, 3.8) is 0 Å². The second-order valence-electron chi connectivity index (χ2n) is 6.19. The molecule has 3 rings (SSSR count). The largest absolute Gasteiger partial charge is 0.489 e. The van der Waals surface area contributed by atoms with Gasteiger partial charge in [-0.05, 0) is 42.8 Å². The van der Waals surface area contributed by atoms with E-state index in [9.17, 15) is 4.79 Å². The molecule has 0 atom stereocenters. The van der Waals surface area contributed by atoms with Gasteiger partial charge in [0.05, 0.1) is 0 Å². The highest BCUT2D eigenvalue weighted by Crippen LogP contribution is 2.18. The molecule has 144 valence electrons. The standard InChI is InChI=1S/C21H23N5O2/c1-15-13-19(26-21(24-15)23-12-11-22)20(27)25-17-7-9-18(10-8-17)28-14-16-5-3-2-4-6-16/h2-10,13H,11-12,14,22H2,1H3,(H,25,27)(H,23,24,26). The second kappa shape index (κ2) is 9.48. The number of hydrogen-bond donors (Lipinski definition) is 3. The maximum atomic E-state index is 12.5. The summed E-state index contributed by atoms with van der Waals surface area (Å²) in [5, 5.41) is 5.82. The van der Waals surface area contributed by atoms with Gasteiger partial charge in [0.15, 0.2) is 0 Å². The van der Waals surface area contributed by atoms with Gasteiger partial charge in [0.25, 0.3) is 5.91 Å².